The predicted molar refractivity (Wildman–Crippen MR) is 37.3 cm³/mol. The molecule has 0 aromatic carbocycles. The Morgan fingerprint density at radius 3 is 2.67 bits per heavy atom. The van der Waals surface area contributed by atoms with Crippen LogP contribution in [0.3, 0.4) is 0 Å². The smallest absolute Gasteiger partial charge is 0.0752 e. The Morgan fingerprint density at radius 2 is 2.22 bits per heavy atom. The summed E-state index contributed by atoms with van der Waals surface area (Å²) in [6, 6.07) is 0. The summed E-state index contributed by atoms with van der Waals surface area (Å²) >= 11 is 0. The maximum atomic E-state index is 9.02. The van der Waals surface area contributed by atoms with Crippen LogP contribution in [-0.4, -0.2) is 16.3 Å². The summed E-state index contributed by atoms with van der Waals surface area (Å²) in [6.45, 7) is 2.02. The molecule has 2 nitrogen and oxygen atoms in total. The molecule has 54 valence electrons. The lowest BCUT2D eigenvalue weighted by Crippen LogP contribution is -2.02. The van der Waals surface area contributed by atoms with Crippen molar-refractivity contribution in [2.45, 2.75) is 32.3 Å². The molecule has 0 aromatic heterocycles. The molecule has 0 aliphatic rings. The van der Waals surface area contributed by atoms with Crippen molar-refractivity contribution in [2.24, 2.45) is 0 Å². The van der Waals surface area contributed by atoms with Crippen LogP contribution in [0.15, 0.2) is 12.3 Å². The SMILES string of the molecule is CCC[C@@H](O)C/C=C/O. The standard InChI is InChI=1S/C7H14O2/c1-2-4-7(9)5-3-6-8/h3,6-9H,2,4-5H2,1H3/b6-3+/t7-/m1/s1. The summed E-state index contributed by atoms with van der Waals surface area (Å²) < 4.78 is 0. The van der Waals surface area contributed by atoms with Crippen LogP contribution < -0.4 is 0 Å². The van der Waals surface area contributed by atoms with Gasteiger partial charge in [-0.2, -0.15) is 0 Å². The van der Waals surface area contributed by atoms with E-state index in [0.717, 1.165) is 19.1 Å². The van der Waals surface area contributed by atoms with Gasteiger partial charge >= 0.3 is 0 Å². The van der Waals surface area contributed by atoms with Crippen LogP contribution in [0.2, 0.25) is 0 Å². The van der Waals surface area contributed by atoms with Gasteiger partial charge in [-0.15, -0.1) is 0 Å². The zero-order valence-electron chi connectivity index (χ0n) is 5.75. The molecule has 0 spiro atoms. The second kappa shape index (κ2) is 5.63. The molecule has 2 heteroatoms. The topological polar surface area (TPSA) is 40.5 Å². The third-order valence-electron chi connectivity index (χ3n) is 1.14. The molecule has 2 N–H and O–H groups in total. The molecular weight excluding hydrogens is 116 g/mol. The fourth-order valence-corrected chi connectivity index (χ4v) is 0.669. The first-order valence-electron chi connectivity index (χ1n) is 3.28. The van der Waals surface area contributed by atoms with E-state index in [-0.39, 0.29) is 6.10 Å². The lowest BCUT2D eigenvalue weighted by Gasteiger charge is -2.02. The van der Waals surface area contributed by atoms with E-state index in [2.05, 4.69) is 0 Å². The molecule has 0 radical (unpaired) electrons. The Bertz CT molecular complexity index is 79.0. The lowest BCUT2D eigenvalue weighted by molar-refractivity contribution is 0.166. The number of aliphatic hydroxyl groups is 2. The summed E-state index contributed by atoms with van der Waals surface area (Å²) in [6.07, 6.45) is 4.60. The largest absolute Gasteiger partial charge is 0.516 e. The minimum Gasteiger partial charge on any atom is -0.516 e. The highest BCUT2D eigenvalue weighted by atomic mass is 16.3. The number of hydrogen-bond donors (Lipinski definition) is 2. The highest BCUT2D eigenvalue weighted by Gasteiger charge is 1.97. The summed E-state index contributed by atoms with van der Waals surface area (Å²) in [5.41, 5.74) is 0. The van der Waals surface area contributed by atoms with Gasteiger partial charge in [0.2, 0.25) is 0 Å². The first-order valence-corrected chi connectivity index (χ1v) is 3.28. The molecule has 0 heterocycles. The van der Waals surface area contributed by atoms with Gasteiger partial charge in [0.15, 0.2) is 0 Å². The van der Waals surface area contributed by atoms with E-state index >= 15 is 0 Å². The van der Waals surface area contributed by atoms with Crippen molar-refractivity contribution in [3.8, 4) is 0 Å². The van der Waals surface area contributed by atoms with E-state index in [1.165, 1.54) is 0 Å². The number of aliphatic hydroxyl groups excluding tert-OH is 2. The van der Waals surface area contributed by atoms with Gasteiger partial charge in [-0.1, -0.05) is 13.3 Å². The third kappa shape index (κ3) is 5.37. The number of hydrogen-bond acceptors (Lipinski definition) is 2. The van der Waals surface area contributed by atoms with Crippen molar-refractivity contribution >= 4 is 0 Å². The van der Waals surface area contributed by atoms with Crippen LogP contribution in [-0.2, 0) is 0 Å². The summed E-state index contributed by atoms with van der Waals surface area (Å²) in [5, 5.41) is 17.2. The average molecular weight is 130 g/mol. The Kier molecular flexibility index (Phi) is 5.32. The van der Waals surface area contributed by atoms with Crippen LogP contribution in [0.4, 0.5) is 0 Å². The van der Waals surface area contributed by atoms with Crippen molar-refractivity contribution in [1.29, 1.82) is 0 Å². The molecule has 0 aliphatic carbocycles. The molecule has 0 saturated heterocycles. The molecule has 0 saturated carbocycles. The first-order chi connectivity index (χ1) is 4.31. The molecule has 0 unspecified atom stereocenters. The lowest BCUT2D eigenvalue weighted by atomic mass is 10.1. The van der Waals surface area contributed by atoms with Gasteiger partial charge in [0.1, 0.15) is 0 Å². The molecule has 0 fully saturated rings. The van der Waals surface area contributed by atoms with Crippen LogP contribution >= 0.6 is 0 Å². The second-order valence-corrected chi connectivity index (χ2v) is 2.06. The minimum absolute atomic E-state index is 0.279. The van der Waals surface area contributed by atoms with Gasteiger partial charge in [0, 0.05) is 0 Å². The van der Waals surface area contributed by atoms with E-state index < -0.39 is 0 Å². The van der Waals surface area contributed by atoms with Crippen molar-refractivity contribution in [3.05, 3.63) is 12.3 Å². The van der Waals surface area contributed by atoms with E-state index in [1.54, 1.807) is 6.08 Å². The molecule has 0 amide bonds. The van der Waals surface area contributed by atoms with Crippen LogP contribution in [0, 0.1) is 0 Å². The summed E-state index contributed by atoms with van der Waals surface area (Å²) in [4.78, 5) is 0. The highest BCUT2D eigenvalue weighted by Crippen LogP contribution is 2.00. The maximum Gasteiger partial charge on any atom is 0.0752 e. The van der Waals surface area contributed by atoms with Crippen molar-refractivity contribution in [1.82, 2.24) is 0 Å². The summed E-state index contributed by atoms with van der Waals surface area (Å²) in [7, 11) is 0. The van der Waals surface area contributed by atoms with Gasteiger partial charge in [0.05, 0.1) is 12.4 Å². The second-order valence-electron chi connectivity index (χ2n) is 2.06. The average Bonchev–Trinajstić information content (AvgIpc) is 1.85. The third-order valence-corrected chi connectivity index (χ3v) is 1.14. The predicted octanol–water partition coefficient (Wildman–Crippen LogP) is 1.61. The zero-order valence-corrected chi connectivity index (χ0v) is 5.75. The van der Waals surface area contributed by atoms with Crippen LogP contribution in [0.1, 0.15) is 26.2 Å². The van der Waals surface area contributed by atoms with Gasteiger partial charge < -0.3 is 10.2 Å². The fraction of sp³-hybridized carbons (Fsp3) is 0.714. The molecule has 1 atom stereocenters. The van der Waals surface area contributed by atoms with Gasteiger partial charge in [-0.25, -0.2) is 0 Å². The Morgan fingerprint density at radius 1 is 1.56 bits per heavy atom. The zero-order chi connectivity index (χ0) is 7.11. The van der Waals surface area contributed by atoms with Gasteiger partial charge in [0.25, 0.3) is 0 Å². The fourth-order valence-electron chi connectivity index (χ4n) is 0.669. The Hall–Kier alpha value is -0.500. The molecule has 0 aliphatic heterocycles. The monoisotopic (exact) mass is 130 g/mol. The maximum absolute atomic E-state index is 9.02. The van der Waals surface area contributed by atoms with Crippen molar-refractivity contribution in [3.63, 3.8) is 0 Å². The molecule has 0 aromatic rings. The summed E-state index contributed by atoms with van der Waals surface area (Å²) in [5.74, 6) is 0. The normalized spacial score (nSPS) is 14.4. The van der Waals surface area contributed by atoms with E-state index in [9.17, 15) is 0 Å². The highest BCUT2D eigenvalue weighted by molar-refractivity contribution is 4.75. The quantitative estimate of drug-likeness (QED) is 0.567. The molecule has 0 bridgehead atoms. The van der Waals surface area contributed by atoms with E-state index in [1.807, 2.05) is 6.92 Å². The molecule has 0 rings (SSSR count). The molecule has 9 heavy (non-hydrogen) atoms. The van der Waals surface area contributed by atoms with Crippen LogP contribution in [0.5, 0.6) is 0 Å². The van der Waals surface area contributed by atoms with Gasteiger partial charge in [-0.05, 0) is 18.9 Å². The Labute approximate surface area is 55.8 Å². The first kappa shape index (κ1) is 8.50. The Balaban J connectivity index is 3.15. The minimum atomic E-state index is -0.279. The molecular formula is C7H14O2. The van der Waals surface area contributed by atoms with Crippen molar-refractivity contribution in [2.75, 3.05) is 0 Å². The van der Waals surface area contributed by atoms with Gasteiger partial charge in [-0.3, -0.25) is 0 Å². The number of rotatable bonds is 4. The van der Waals surface area contributed by atoms with E-state index in [4.69, 9.17) is 10.2 Å². The van der Waals surface area contributed by atoms with Crippen LogP contribution in [0.25, 0.3) is 0 Å². The van der Waals surface area contributed by atoms with E-state index in [0.29, 0.717) is 6.42 Å². The van der Waals surface area contributed by atoms with Crippen molar-refractivity contribution < 1.29 is 10.2 Å².